The van der Waals surface area contributed by atoms with Gasteiger partial charge >= 0.3 is 0 Å². The predicted molar refractivity (Wildman–Crippen MR) is 112 cm³/mol. The van der Waals surface area contributed by atoms with E-state index in [0.29, 0.717) is 18.0 Å². The zero-order valence-corrected chi connectivity index (χ0v) is 16.1. The van der Waals surface area contributed by atoms with Crippen LogP contribution in [0.15, 0.2) is 72.8 Å². The van der Waals surface area contributed by atoms with Gasteiger partial charge in [-0.3, -0.25) is 4.79 Å². The lowest BCUT2D eigenvalue weighted by Gasteiger charge is -2.16. The molecule has 142 valence electrons. The quantitative estimate of drug-likeness (QED) is 0.566. The highest BCUT2D eigenvalue weighted by Crippen LogP contribution is 2.32. The summed E-state index contributed by atoms with van der Waals surface area (Å²) in [5, 5.41) is 7.09. The molecule has 3 aromatic rings. The molecular formula is C23H21ClN2O2. The molecule has 0 aromatic heterocycles. The number of hydrogen-bond acceptors (Lipinski definition) is 3. The third-order valence-electron chi connectivity index (χ3n) is 4.80. The van der Waals surface area contributed by atoms with E-state index in [1.807, 2.05) is 66.7 Å². The number of carbonyl (C=O) groups excluding carboxylic acids is 1. The Labute approximate surface area is 169 Å². The zero-order valence-electron chi connectivity index (χ0n) is 15.3. The van der Waals surface area contributed by atoms with Crippen molar-refractivity contribution in [3.05, 3.63) is 88.9 Å². The maximum Gasteiger partial charge on any atom is 0.220 e. The Morgan fingerprint density at radius 3 is 2.64 bits per heavy atom. The first kappa shape index (κ1) is 18.4. The van der Waals surface area contributed by atoms with Gasteiger partial charge in [0.05, 0.1) is 6.04 Å². The normalized spacial score (nSPS) is 15.9. The molecule has 1 aliphatic heterocycles. The molecule has 28 heavy (non-hydrogen) atoms. The molecule has 1 saturated heterocycles. The lowest BCUT2D eigenvalue weighted by molar-refractivity contribution is -0.119. The summed E-state index contributed by atoms with van der Waals surface area (Å²) in [5.41, 5.74) is 2.98. The first-order valence-corrected chi connectivity index (χ1v) is 9.70. The molecule has 1 amide bonds. The molecule has 0 radical (unpaired) electrons. The summed E-state index contributed by atoms with van der Waals surface area (Å²) < 4.78 is 6.02. The number of anilines is 1. The van der Waals surface area contributed by atoms with Crippen LogP contribution in [-0.2, 0) is 11.3 Å². The maximum absolute atomic E-state index is 11.5. The molecule has 1 heterocycles. The number of ether oxygens (including phenoxy) is 1. The van der Waals surface area contributed by atoms with Crippen LogP contribution >= 0.6 is 11.6 Å². The fourth-order valence-electron chi connectivity index (χ4n) is 3.34. The van der Waals surface area contributed by atoms with Crippen LogP contribution in [0.1, 0.15) is 30.0 Å². The van der Waals surface area contributed by atoms with Gasteiger partial charge in [0, 0.05) is 29.2 Å². The topological polar surface area (TPSA) is 50.4 Å². The van der Waals surface area contributed by atoms with E-state index < -0.39 is 0 Å². The van der Waals surface area contributed by atoms with Gasteiger partial charge in [-0.1, -0.05) is 48.0 Å². The summed E-state index contributed by atoms with van der Waals surface area (Å²) in [4.78, 5) is 11.5. The van der Waals surface area contributed by atoms with Crippen molar-refractivity contribution in [1.29, 1.82) is 0 Å². The highest BCUT2D eigenvalue weighted by Gasteiger charge is 2.22. The van der Waals surface area contributed by atoms with Gasteiger partial charge in [-0.15, -0.1) is 0 Å². The maximum atomic E-state index is 11.5. The highest BCUT2D eigenvalue weighted by atomic mass is 35.5. The van der Waals surface area contributed by atoms with Crippen molar-refractivity contribution >= 4 is 23.2 Å². The Morgan fingerprint density at radius 1 is 1.04 bits per heavy atom. The van der Waals surface area contributed by atoms with Crippen LogP contribution < -0.4 is 15.4 Å². The van der Waals surface area contributed by atoms with Crippen LogP contribution in [0.5, 0.6) is 11.5 Å². The molecular weight excluding hydrogens is 372 g/mol. The second kappa shape index (κ2) is 8.36. The van der Waals surface area contributed by atoms with Gasteiger partial charge in [0.1, 0.15) is 11.5 Å². The van der Waals surface area contributed by atoms with Gasteiger partial charge in [0.25, 0.3) is 0 Å². The number of halogens is 1. The van der Waals surface area contributed by atoms with Crippen LogP contribution in [-0.4, -0.2) is 5.91 Å². The Balaban J connectivity index is 1.50. The van der Waals surface area contributed by atoms with E-state index in [4.69, 9.17) is 16.3 Å². The third-order valence-corrected chi connectivity index (χ3v) is 5.15. The lowest BCUT2D eigenvalue weighted by Crippen LogP contribution is -2.18. The predicted octanol–water partition coefficient (Wildman–Crippen LogP) is 5.70. The van der Waals surface area contributed by atoms with Crippen LogP contribution in [0.4, 0.5) is 5.69 Å². The van der Waals surface area contributed by atoms with E-state index in [0.717, 1.165) is 34.7 Å². The van der Waals surface area contributed by atoms with Crippen molar-refractivity contribution in [2.24, 2.45) is 0 Å². The average molecular weight is 393 g/mol. The molecule has 1 atom stereocenters. The largest absolute Gasteiger partial charge is 0.457 e. The molecule has 0 spiro atoms. The van der Waals surface area contributed by atoms with E-state index >= 15 is 0 Å². The van der Waals surface area contributed by atoms with Crippen molar-refractivity contribution in [2.45, 2.75) is 25.4 Å². The fourth-order valence-corrected chi connectivity index (χ4v) is 3.57. The summed E-state index contributed by atoms with van der Waals surface area (Å²) in [6.07, 6.45) is 1.42. The van der Waals surface area contributed by atoms with Gasteiger partial charge in [0.15, 0.2) is 0 Å². The van der Waals surface area contributed by atoms with Crippen molar-refractivity contribution in [3.63, 3.8) is 0 Å². The number of amides is 1. The van der Waals surface area contributed by atoms with Crippen LogP contribution in [0, 0.1) is 0 Å². The first-order valence-electron chi connectivity index (χ1n) is 9.32. The van der Waals surface area contributed by atoms with E-state index in [1.54, 1.807) is 0 Å². The van der Waals surface area contributed by atoms with Crippen molar-refractivity contribution in [2.75, 3.05) is 5.32 Å². The second-order valence-corrected chi connectivity index (χ2v) is 7.18. The Hall–Kier alpha value is -2.98. The minimum Gasteiger partial charge on any atom is -0.457 e. The number of carbonyl (C=O) groups is 1. The van der Waals surface area contributed by atoms with E-state index in [9.17, 15) is 4.79 Å². The first-order chi connectivity index (χ1) is 13.7. The molecule has 5 heteroatoms. The highest BCUT2D eigenvalue weighted by molar-refractivity contribution is 6.31. The van der Waals surface area contributed by atoms with Crippen LogP contribution in [0.25, 0.3) is 0 Å². The Bertz CT molecular complexity index is 975. The number of rotatable bonds is 6. The second-order valence-electron chi connectivity index (χ2n) is 6.77. The summed E-state index contributed by atoms with van der Waals surface area (Å²) in [6.45, 7) is 0.530. The lowest BCUT2D eigenvalue weighted by atomic mass is 10.0. The minimum absolute atomic E-state index is 0.0894. The van der Waals surface area contributed by atoms with Gasteiger partial charge in [-0.25, -0.2) is 0 Å². The monoisotopic (exact) mass is 392 g/mol. The summed E-state index contributed by atoms with van der Waals surface area (Å²) in [5.74, 6) is 1.61. The van der Waals surface area contributed by atoms with Crippen LogP contribution in [0.3, 0.4) is 0 Å². The van der Waals surface area contributed by atoms with Gasteiger partial charge < -0.3 is 15.4 Å². The number of para-hydroxylation sites is 1. The Kier molecular flexibility index (Phi) is 5.49. The number of hydrogen-bond donors (Lipinski definition) is 2. The summed E-state index contributed by atoms with van der Waals surface area (Å²) >= 11 is 6.45. The van der Waals surface area contributed by atoms with E-state index in [1.165, 1.54) is 0 Å². The van der Waals surface area contributed by atoms with E-state index in [-0.39, 0.29) is 11.9 Å². The molecule has 2 N–H and O–H groups in total. The number of nitrogens with one attached hydrogen (secondary N) is 2. The molecule has 0 bridgehead atoms. The molecule has 1 unspecified atom stereocenters. The van der Waals surface area contributed by atoms with Gasteiger partial charge in [0.2, 0.25) is 5.91 Å². The van der Waals surface area contributed by atoms with Crippen LogP contribution in [0.2, 0.25) is 5.02 Å². The molecule has 4 rings (SSSR count). The molecule has 3 aromatic carbocycles. The molecule has 1 aliphatic rings. The van der Waals surface area contributed by atoms with Crippen molar-refractivity contribution < 1.29 is 9.53 Å². The van der Waals surface area contributed by atoms with Gasteiger partial charge in [-0.2, -0.15) is 0 Å². The Morgan fingerprint density at radius 2 is 1.86 bits per heavy atom. The number of benzene rings is 3. The smallest absolute Gasteiger partial charge is 0.220 e. The zero-order chi connectivity index (χ0) is 19.3. The van der Waals surface area contributed by atoms with Crippen molar-refractivity contribution in [3.8, 4) is 11.5 Å². The fraction of sp³-hybridized carbons (Fsp3) is 0.174. The molecule has 1 fully saturated rings. The van der Waals surface area contributed by atoms with E-state index in [2.05, 4.69) is 16.7 Å². The molecule has 0 saturated carbocycles. The summed E-state index contributed by atoms with van der Waals surface area (Å²) in [7, 11) is 0. The van der Waals surface area contributed by atoms with Gasteiger partial charge in [-0.05, 0) is 48.4 Å². The average Bonchev–Trinajstić information content (AvgIpc) is 3.15. The molecule has 0 aliphatic carbocycles. The van der Waals surface area contributed by atoms with Crippen molar-refractivity contribution in [1.82, 2.24) is 5.32 Å². The standard InChI is InChI=1S/C23H21ClN2O2/c24-20-10-5-11-22(28-18-8-2-1-3-9-18)19(20)15-25-17-7-4-6-16(14-17)21-12-13-23(27)26-21/h1-11,14,21,25H,12-13,15H2,(H,26,27). The minimum atomic E-state index is 0.0894. The third kappa shape index (κ3) is 4.29. The SMILES string of the molecule is O=C1CCC(c2cccc(NCc3c(Cl)cccc3Oc3ccccc3)c2)N1. The summed E-state index contributed by atoms with van der Waals surface area (Å²) in [6, 6.07) is 23.5. The molecule has 4 nitrogen and oxygen atoms in total.